The second-order valence-corrected chi connectivity index (χ2v) is 8.98. The molecule has 1 saturated heterocycles. The molecule has 0 radical (unpaired) electrons. The predicted molar refractivity (Wildman–Crippen MR) is 131 cm³/mol. The predicted octanol–water partition coefficient (Wildman–Crippen LogP) is 4.02. The van der Waals surface area contributed by atoms with E-state index in [2.05, 4.69) is 5.32 Å². The van der Waals surface area contributed by atoms with Crippen LogP contribution in [-0.2, 0) is 9.59 Å². The number of aromatic carboxylic acids is 1. The summed E-state index contributed by atoms with van der Waals surface area (Å²) in [6.07, 6.45) is 4.27. The van der Waals surface area contributed by atoms with Gasteiger partial charge in [-0.3, -0.25) is 14.5 Å². The summed E-state index contributed by atoms with van der Waals surface area (Å²) in [4.78, 5) is 37.8. The van der Waals surface area contributed by atoms with Gasteiger partial charge >= 0.3 is 5.97 Å². The highest BCUT2D eigenvalue weighted by Gasteiger charge is 2.31. The molecule has 3 rings (SSSR count). The average Bonchev–Trinajstić information content (AvgIpc) is 3.01. The van der Waals surface area contributed by atoms with Crippen LogP contribution >= 0.6 is 24.0 Å². The van der Waals surface area contributed by atoms with E-state index in [1.54, 1.807) is 6.08 Å². The minimum Gasteiger partial charge on any atom is -0.872 e. The lowest BCUT2D eigenvalue weighted by atomic mass is 10.1. The first-order valence-corrected chi connectivity index (χ1v) is 11.3. The van der Waals surface area contributed by atoms with Crippen molar-refractivity contribution in [1.29, 1.82) is 0 Å². The summed E-state index contributed by atoms with van der Waals surface area (Å²) in [7, 11) is 0. The molecular formula is C24H21N2O5S2-. The summed E-state index contributed by atoms with van der Waals surface area (Å²) in [6.45, 7) is 2.21. The van der Waals surface area contributed by atoms with Gasteiger partial charge in [-0.2, -0.15) is 0 Å². The zero-order valence-corrected chi connectivity index (χ0v) is 19.4. The largest absolute Gasteiger partial charge is 0.872 e. The van der Waals surface area contributed by atoms with E-state index in [9.17, 15) is 19.5 Å². The molecule has 9 heteroatoms. The monoisotopic (exact) mass is 481 g/mol. The molecule has 2 aromatic rings. The molecule has 33 heavy (non-hydrogen) atoms. The molecule has 2 amide bonds. The van der Waals surface area contributed by atoms with Crippen molar-refractivity contribution < 1.29 is 24.6 Å². The van der Waals surface area contributed by atoms with Gasteiger partial charge in [0, 0.05) is 18.7 Å². The molecular weight excluding hydrogens is 460 g/mol. The van der Waals surface area contributed by atoms with Crippen LogP contribution in [0.4, 0.5) is 5.69 Å². The second-order valence-electron chi connectivity index (χ2n) is 7.30. The molecule has 1 fully saturated rings. The standard InChI is InChI=1S/C24H22N2O5S2/c1-15(12-16-6-3-2-4-7-16)13-20-22(29)26(24(32)33-20)11-5-8-21(28)25-17-9-10-18(23(30)31)19(27)14-17/h2-4,6-7,9-10,12-14,27H,5,8,11H2,1H3,(H,25,28)(H,30,31)/p-1/b15-12+,20-13-. The summed E-state index contributed by atoms with van der Waals surface area (Å²) in [6, 6.07) is 13.4. The van der Waals surface area contributed by atoms with Gasteiger partial charge in [0.15, 0.2) is 0 Å². The third kappa shape index (κ3) is 6.53. The smallest absolute Gasteiger partial charge is 0.335 e. The Hall–Kier alpha value is -3.43. The van der Waals surface area contributed by atoms with Crippen LogP contribution in [0.25, 0.3) is 6.08 Å². The minimum atomic E-state index is -1.32. The fourth-order valence-electron chi connectivity index (χ4n) is 3.15. The molecule has 0 aromatic heterocycles. The highest BCUT2D eigenvalue weighted by Crippen LogP contribution is 2.32. The third-order valence-electron chi connectivity index (χ3n) is 4.71. The van der Waals surface area contributed by atoms with Gasteiger partial charge in [-0.25, -0.2) is 4.79 Å². The lowest BCUT2D eigenvalue weighted by Gasteiger charge is -2.15. The van der Waals surface area contributed by atoms with E-state index in [0.29, 0.717) is 22.2 Å². The van der Waals surface area contributed by atoms with Crippen LogP contribution in [0.3, 0.4) is 0 Å². The summed E-state index contributed by atoms with van der Waals surface area (Å²) < 4.78 is 0.444. The maximum Gasteiger partial charge on any atom is 0.335 e. The zero-order valence-electron chi connectivity index (χ0n) is 17.7. The number of hydrogen-bond acceptors (Lipinski definition) is 6. The Morgan fingerprint density at radius 1 is 1.21 bits per heavy atom. The Kier molecular flexibility index (Phi) is 8.02. The van der Waals surface area contributed by atoms with Crippen molar-refractivity contribution in [3.05, 3.63) is 76.2 Å². The van der Waals surface area contributed by atoms with E-state index in [1.165, 1.54) is 22.7 Å². The Bertz CT molecular complexity index is 1160. The van der Waals surface area contributed by atoms with Crippen molar-refractivity contribution in [3.63, 3.8) is 0 Å². The number of rotatable bonds is 8. The number of thiocarbonyl (C=S) groups is 1. The number of anilines is 1. The molecule has 170 valence electrons. The molecule has 1 aliphatic rings. The number of thioether (sulfide) groups is 1. The van der Waals surface area contributed by atoms with Crippen molar-refractivity contribution in [1.82, 2.24) is 4.90 Å². The van der Waals surface area contributed by atoms with Crippen LogP contribution in [0.2, 0.25) is 0 Å². The first kappa shape index (κ1) is 24.2. The van der Waals surface area contributed by atoms with E-state index < -0.39 is 11.7 Å². The fraction of sp³-hybridized carbons (Fsp3) is 0.167. The van der Waals surface area contributed by atoms with Crippen molar-refractivity contribution >= 4 is 57.8 Å². The first-order valence-electron chi connectivity index (χ1n) is 10.1. The molecule has 0 saturated carbocycles. The number of carboxylic acid groups (broad SMARTS) is 1. The molecule has 0 spiro atoms. The first-order chi connectivity index (χ1) is 15.7. The van der Waals surface area contributed by atoms with Gasteiger partial charge in [-0.05, 0) is 48.8 Å². The van der Waals surface area contributed by atoms with Gasteiger partial charge in [0.1, 0.15) is 4.32 Å². The Morgan fingerprint density at radius 3 is 2.61 bits per heavy atom. The molecule has 0 bridgehead atoms. The number of allylic oxidation sites excluding steroid dienone is 2. The summed E-state index contributed by atoms with van der Waals surface area (Å²) >= 11 is 6.57. The second kappa shape index (κ2) is 10.9. The number of carbonyl (C=O) groups excluding carboxylic acids is 2. The molecule has 2 aromatic carbocycles. The molecule has 7 nitrogen and oxygen atoms in total. The molecule has 1 aliphatic heterocycles. The maximum atomic E-state index is 12.7. The molecule has 1 heterocycles. The van der Waals surface area contributed by atoms with E-state index in [0.717, 1.165) is 23.3 Å². The normalized spacial score (nSPS) is 15.2. The number of nitrogens with zero attached hydrogens (tertiary/aromatic N) is 1. The van der Waals surface area contributed by atoms with Crippen molar-refractivity contribution in [2.75, 3.05) is 11.9 Å². The lowest BCUT2D eigenvalue weighted by Crippen LogP contribution is -2.29. The van der Waals surface area contributed by atoms with Crippen LogP contribution in [0.5, 0.6) is 5.75 Å². The van der Waals surface area contributed by atoms with Gasteiger partial charge in [0.2, 0.25) is 5.91 Å². The molecule has 0 atom stereocenters. The van der Waals surface area contributed by atoms with E-state index in [-0.39, 0.29) is 29.5 Å². The highest BCUT2D eigenvalue weighted by atomic mass is 32.2. The number of nitrogens with one attached hydrogen (secondary N) is 1. The van der Waals surface area contributed by atoms with Crippen LogP contribution < -0.4 is 10.4 Å². The third-order valence-corrected chi connectivity index (χ3v) is 6.09. The van der Waals surface area contributed by atoms with Gasteiger partial charge < -0.3 is 15.5 Å². The van der Waals surface area contributed by atoms with Crippen molar-refractivity contribution in [3.8, 4) is 5.75 Å². The van der Waals surface area contributed by atoms with Crippen LogP contribution in [0.1, 0.15) is 35.7 Å². The van der Waals surface area contributed by atoms with Crippen molar-refractivity contribution in [2.45, 2.75) is 19.8 Å². The highest BCUT2D eigenvalue weighted by molar-refractivity contribution is 8.26. The number of carboxylic acids is 1. The van der Waals surface area contributed by atoms with Gasteiger partial charge in [-0.15, -0.1) is 0 Å². The average molecular weight is 482 g/mol. The molecule has 0 unspecified atom stereocenters. The summed E-state index contributed by atoms with van der Waals surface area (Å²) in [5.41, 5.74) is 1.83. The number of hydrogen-bond donors (Lipinski definition) is 2. The molecule has 2 N–H and O–H groups in total. The van der Waals surface area contributed by atoms with E-state index in [1.807, 2.05) is 43.3 Å². The van der Waals surface area contributed by atoms with Crippen LogP contribution in [-0.4, -0.2) is 38.7 Å². The Balaban J connectivity index is 1.53. The quantitative estimate of drug-likeness (QED) is 0.433. The lowest BCUT2D eigenvalue weighted by molar-refractivity contribution is -0.268. The van der Waals surface area contributed by atoms with Crippen molar-refractivity contribution in [2.24, 2.45) is 0 Å². The van der Waals surface area contributed by atoms with E-state index >= 15 is 0 Å². The summed E-state index contributed by atoms with van der Waals surface area (Å²) in [5, 5.41) is 23.2. The zero-order chi connectivity index (χ0) is 24.0. The van der Waals surface area contributed by atoms with Crippen LogP contribution in [0.15, 0.2) is 65.1 Å². The molecule has 0 aliphatic carbocycles. The fourth-order valence-corrected chi connectivity index (χ4v) is 4.51. The topological polar surface area (TPSA) is 110 Å². The SMILES string of the molecule is CC(/C=C1\SC(=S)N(CCCC(=O)Nc2ccc(C(=O)O)c([O-])c2)C1=O)=C\c1ccccc1. The minimum absolute atomic E-state index is 0.109. The van der Waals surface area contributed by atoms with Gasteiger partial charge in [0.05, 0.1) is 10.5 Å². The summed E-state index contributed by atoms with van der Waals surface area (Å²) in [5.74, 6) is -2.53. The number of carbonyl (C=O) groups is 3. The Morgan fingerprint density at radius 2 is 1.94 bits per heavy atom. The van der Waals surface area contributed by atoms with E-state index in [4.69, 9.17) is 17.3 Å². The maximum absolute atomic E-state index is 12.7. The number of benzene rings is 2. The Labute approximate surface area is 200 Å². The van der Waals surface area contributed by atoms with Crippen LogP contribution in [0, 0.1) is 0 Å². The van der Waals surface area contributed by atoms with Gasteiger partial charge in [0.25, 0.3) is 5.91 Å². The van der Waals surface area contributed by atoms with Gasteiger partial charge in [-0.1, -0.05) is 66.1 Å². The number of amides is 2.